The van der Waals surface area contributed by atoms with Crippen molar-refractivity contribution in [2.45, 2.75) is 43.1 Å². The molecule has 0 aliphatic carbocycles. The van der Waals surface area contributed by atoms with Crippen LogP contribution in [0.1, 0.15) is 45.3 Å². The summed E-state index contributed by atoms with van der Waals surface area (Å²) < 4.78 is 46.5. The Morgan fingerprint density at radius 3 is 2.54 bits per heavy atom. The van der Waals surface area contributed by atoms with Crippen LogP contribution >= 0.6 is 18.9 Å². The molecule has 3 N–H and O–H groups in total. The van der Waals surface area contributed by atoms with E-state index in [1.165, 1.54) is 17.0 Å². The van der Waals surface area contributed by atoms with Crippen LogP contribution in [0.15, 0.2) is 79.1 Å². The number of amides is 3. The number of nitrogens with one attached hydrogen (secondary N) is 1. The lowest BCUT2D eigenvalue weighted by molar-refractivity contribution is -0.149. The molecular weight excluding hydrogens is 665 g/mol. The van der Waals surface area contributed by atoms with Gasteiger partial charge in [0.1, 0.15) is 18.2 Å². The highest BCUT2D eigenvalue weighted by Gasteiger charge is 2.50. The number of pyridine rings is 1. The first kappa shape index (κ1) is 33.8. The predicted octanol–water partition coefficient (Wildman–Crippen LogP) is 4.46. The van der Waals surface area contributed by atoms with Crippen LogP contribution in [0.4, 0.5) is 8.78 Å². The van der Waals surface area contributed by atoms with E-state index in [0.29, 0.717) is 43.8 Å². The molecule has 2 aromatic carbocycles. The molecule has 6 rings (SSSR count). The van der Waals surface area contributed by atoms with E-state index >= 15 is 0 Å². The van der Waals surface area contributed by atoms with Crippen molar-refractivity contribution in [3.63, 3.8) is 0 Å². The second kappa shape index (κ2) is 13.8. The summed E-state index contributed by atoms with van der Waals surface area (Å²) in [6, 6.07) is 15.8. The average Bonchev–Trinajstić information content (AvgIpc) is 3.75. The van der Waals surface area contributed by atoms with Crippen LogP contribution in [0.2, 0.25) is 0 Å². The Labute approximate surface area is 278 Å². The Balaban J connectivity index is 1.22. The van der Waals surface area contributed by atoms with Gasteiger partial charge in [-0.1, -0.05) is 36.4 Å². The third kappa shape index (κ3) is 7.03. The van der Waals surface area contributed by atoms with Crippen molar-refractivity contribution < 1.29 is 42.3 Å². The molecule has 3 atom stereocenters. The molecule has 48 heavy (non-hydrogen) atoms. The number of hydrogen-bond donors (Lipinski definition) is 3. The smallest absolute Gasteiger partial charge is 0.370 e. The maximum atomic E-state index is 14.4. The second-order valence-electron chi connectivity index (χ2n) is 11.8. The molecule has 3 unspecified atom stereocenters. The number of carbonyl (C=O) groups is 3. The number of rotatable bonds is 9. The first-order valence-corrected chi connectivity index (χ1v) is 17.8. The minimum absolute atomic E-state index is 0.113. The molecule has 0 bridgehead atoms. The van der Waals surface area contributed by atoms with Crippen LogP contribution in [0, 0.1) is 0 Å². The topological polar surface area (TPSA) is 149 Å². The minimum Gasteiger partial charge on any atom is -0.370 e. The van der Waals surface area contributed by atoms with E-state index in [9.17, 15) is 27.7 Å². The van der Waals surface area contributed by atoms with Gasteiger partial charge in [0.2, 0.25) is 11.8 Å². The summed E-state index contributed by atoms with van der Waals surface area (Å²) in [6.45, 7) is 1.45. The quantitative estimate of drug-likeness (QED) is 0.217. The largest absolute Gasteiger partial charge is 0.399 e. The molecule has 3 amide bonds. The molecule has 0 radical (unpaired) electrons. The number of halogens is 2. The van der Waals surface area contributed by atoms with Gasteiger partial charge in [-0.15, -0.1) is 11.3 Å². The Morgan fingerprint density at radius 2 is 1.81 bits per heavy atom. The number of aromatic nitrogens is 1. The maximum absolute atomic E-state index is 14.4. The number of benzene rings is 2. The standard InChI is InChI=1S/C33H33F2N4O7PS/c34-33(35,47(43,44)45)24-8-9-28-23(18-24)19-29(48-28)30(40)37-25(17-21-10-12-36-13-11-21)31(41)39-14-4-7-26(39)32(42)38-15-16-46-27(20-38)22-5-2-1-3-6-22/h1-3,5-6,8-13,18-19,25-27H,4,7,14-17,20H2,(H,37,40)(H2,43,44,45). The van der Waals surface area contributed by atoms with E-state index in [-0.39, 0.29) is 28.7 Å². The molecule has 11 nitrogen and oxygen atoms in total. The number of hydrogen-bond acceptors (Lipinski definition) is 7. The lowest BCUT2D eigenvalue weighted by atomic mass is 10.0. The van der Waals surface area contributed by atoms with Crippen molar-refractivity contribution in [3.05, 3.63) is 101 Å². The molecule has 252 valence electrons. The third-order valence-electron chi connectivity index (χ3n) is 8.62. The van der Waals surface area contributed by atoms with Gasteiger partial charge in [-0.3, -0.25) is 23.9 Å². The zero-order valence-corrected chi connectivity index (χ0v) is 27.3. The Hall–Kier alpha value is -4.07. The van der Waals surface area contributed by atoms with Crippen LogP contribution in [0.25, 0.3) is 10.1 Å². The van der Waals surface area contributed by atoms with Crippen molar-refractivity contribution in [3.8, 4) is 0 Å². The fraction of sp³-hybridized carbons (Fsp3) is 0.333. The number of fused-ring (bicyclic) bond motifs is 1. The van der Waals surface area contributed by atoms with Crippen LogP contribution in [0.3, 0.4) is 0 Å². The fourth-order valence-corrected chi connectivity index (χ4v) is 7.53. The lowest BCUT2D eigenvalue weighted by Gasteiger charge is -2.37. The van der Waals surface area contributed by atoms with Crippen molar-refractivity contribution in [2.75, 3.05) is 26.2 Å². The molecule has 2 fully saturated rings. The lowest BCUT2D eigenvalue weighted by Crippen LogP contribution is -2.56. The molecule has 2 aromatic heterocycles. The predicted molar refractivity (Wildman–Crippen MR) is 173 cm³/mol. The Morgan fingerprint density at radius 1 is 1.06 bits per heavy atom. The van der Waals surface area contributed by atoms with Gasteiger partial charge in [0.15, 0.2) is 0 Å². The normalized spacial score (nSPS) is 19.3. The van der Waals surface area contributed by atoms with Crippen molar-refractivity contribution in [2.24, 2.45) is 0 Å². The third-order valence-corrected chi connectivity index (χ3v) is 10.7. The number of likely N-dealkylation sites (tertiary alicyclic amines) is 1. The van der Waals surface area contributed by atoms with E-state index in [1.54, 1.807) is 29.4 Å². The molecule has 2 saturated heterocycles. The SMILES string of the molecule is O=C(NC(Cc1ccncc1)C(=O)N1CCCC1C(=O)N1CCOC(c2ccccc2)C1)c1cc2cc(C(F)(F)P(=O)(O)O)ccc2s1. The summed E-state index contributed by atoms with van der Waals surface area (Å²) in [5, 5.41) is 2.99. The summed E-state index contributed by atoms with van der Waals surface area (Å²) in [4.78, 5) is 67.3. The van der Waals surface area contributed by atoms with Gasteiger partial charge in [-0.05, 0) is 59.7 Å². The molecule has 0 saturated carbocycles. The summed E-state index contributed by atoms with van der Waals surface area (Å²) in [7, 11) is -5.78. The van der Waals surface area contributed by atoms with Crippen molar-refractivity contribution in [1.29, 1.82) is 0 Å². The summed E-state index contributed by atoms with van der Waals surface area (Å²) in [5.41, 5.74) is -3.59. The molecular formula is C33H33F2N4O7PS. The summed E-state index contributed by atoms with van der Waals surface area (Å²) in [6.07, 6.45) is 4.06. The van der Waals surface area contributed by atoms with Crippen LogP contribution in [0.5, 0.6) is 0 Å². The van der Waals surface area contributed by atoms with E-state index in [2.05, 4.69) is 10.3 Å². The average molecular weight is 699 g/mol. The minimum atomic E-state index is -5.78. The van der Waals surface area contributed by atoms with Gasteiger partial charge >= 0.3 is 13.3 Å². The summed E-state index contributed by atoms with van der Waals surface area (Å²) >= 11 is 0.988. The van der Waals surface area contributed by atoms with E-state index in [4.69, 9.17) is 14.5 Å². The van der Waals surface area contributed by atoms with Crippen LogP contribution in [-0.2, 0) is 31.0 Å². The van der Waals surface area contributed by atoms with E-state index in [1.807, 2.05) is 30.3 Å². The number of ether oxygens (including phenoxy) is 1. The molecule has 2 aliphatic heterocycles. The Bertz CT molecular complexity index is 1860. The fourth-order valence-electron chi connectivity index (χ4n) is 6.11. The molecule has 4 aromatic rings. The van der Waals surface area contributed by atoms with Crippen LogP contribution < -0.4 is 5.32 Å². The monoisotopic (exact) mass is 698 g/mol. The maximum Gasteiger partial charge on any atom is 0.399 e. The molecule has 15 heteroatoms. The number of thiophene rings is 1. The van der Waals surface area contributed by atoms with Gasteiger partial charge in [0.25, 0.3) is 5.91 Å². The number of morpholine rings is 1. The van der Waals surface area contributed by atoms with Gasteiger partial charge in [-0.25, -0.2) is 0 Å². The van der Waals surface area contributed by atoms with Crippen molar-refractivity contribution >= 4 is 46.7 Å². The van der Waals surface area contributed by atoms with Gasteiger partial charge in [-0.2, -0.15) is 8.78 Å². The van der Waals surface area contributed by atoms with Crippen LogP contribution in [-0.4, -0.2) is 80.6 Å². The number of nitrogens with zero attached hydrogens (tertiary/aromatic N) is 3. The van der Waals surface area contributed by atoms with Gasteiger partial charge < -0.3 is 29.6 Å². The van der Waals surface area contributed by atoms with Gasteiger partial charge in [0.05, 0.1) is 18.0 Å². The zero-order chi connectivity index (χ0) is 34.1. The first-order chi connectivity index (χ1) is 22.9. The van der Waals surface area contributed by atoms with Crippen molar-refractivity contribution in [1.82, 2.24) is 20.1 Å². The Kier molecular flexibility index (Phi) is 9.73. The first-order valence-electron chi connectivity index (χ1n) is 15.4. The molecule has 0 spiro atoms. The zero-order valence-electron chi connectivity index (χ0n) is 25.6. The van der Waals surface area contributed by atoms with E-state index in [0.717, 1.165) is 34.6 Å². The second-order valence-corrected chi connectivity index (χ2v) is 14.5. The highest BCUT2D eigenvalue weighted by Crippen LogP contribution is 2.59. The molecule has 4 heterocycles. The summed E-state index contributed by atoms with van der Waals surface area (Å²) in [5.74, 6) is -1.23. The van der Waals surface area contributed by atoms with E-state index < -0.39 is 42.7 Å². The van der Waals surface area contributed by atoms with Gasteiger partial charge in [0, 0.05) is 42.2 Å². The number of alkyl halides is 2. The molecule has 2 aliphatic rings. The number of carbonyl (C=O) groups excluding carboxylic acids is 3. The highest BCUT2D eigenvalue weighted by molar-refractivity contribution is 7.52. The highest BCUT2D eigenvalue weighted by atomic mass is 32.1.